The van der Waals surface area contributed by atoms with E-state index < -0.39 is 0 Å². The van der Waals surface area contributed by atoms with E-state index in [2.05, 4.69) is 21.7 Å². The van der Waals surface area contributed by atoms with Crippen LogP contribution >= 0.6 is 11.3 Å². The summed E-state index contributed by atoms with van der Waals surface area (Å²) in [5.41, 5.74) is 0. The van der Waals surface area contributed by atoms with Gasteiger partial charge in [-0.2, -0.15) is 0 Å². The van der Waals surface area contributed by atoms with Crippen molar-refractivity contribution in [2.75, 3.05) is 26.2 Å². The monoisotopic (exact) mass is 389 g/mol. The molecule has 1 N–H and O–H groups in total. The van der Waals surface area contributed by atoms with Gasteiger partial charge in [0.05, 0.1) is 5.92 Å². The van der Waals surface area contributed by atoms with Gasteiger partial charge in [-0.1, -0.05) is 6.07 Å². The number of carbonyl (C=O) groups is 2. The van der Waals surface area contributed by atoms with E-state index in [0.29, 0.717) is 24.4 Å². The summed E-state index contributed by atoms with van der Waals surface area (Å²) in [7, 11) is 0. The van der Waals surface area contributed by atoms with Gasteiger partial charge >= 0.3 is 0 Å². The van der Waals surface area contributed by atoms with Gasteiger partial charge in [0.1, 0.15) is 0 Å². The van der Waals surface area contributed by atoms with Gasteiger partial charge < -0.3 is 10.2 Å². The summed E-state index contributed by atoms with van der Waals surface area (Å²) in [4.78, 5) is 30.8. The molecule has 2 amide bonds. The van der Waals surface area contributed by atoms with E-state index in [1.54, 1.807) is 11.3 Å². The summed E-state index contributed by atoms with van der Waals surface area (Å²) in [5.74, 6) is 0.718. The predicted molar refractivity (Wildman–Crippen MR) is 108 cm³/mol. The van der Waals surface area contributed by atoms with Crippen molar-refractivity contribution < 1.29 is 9.59 Å². The molecule has 1 aliphatic carbocycles. The van der Waals surface area contributed by atoms with Crippen LogP contribution in [0.15, 0.2) is 17.5 Å². The number of amides is 2. The van der Waals surface area contributed by atoms with Crippen LogP contribution in [0.1, 0.15) is 49.8 Å². The highest BCUT2D eigenvalue weighted by atomic mass is 32.1. The number of rotatable bonds is 6. The van der Waals surface area contributed by atoms with E-state index in [4.69, 9.17) is 0 Å². The van der Waals surface area contributed by atoms with Gasteiger partial charge in [0, 0.05) is 43.0 Å². The molecule has 3 fully saturated rings. The first-order valence-corrected chi connectivity index (χ1v) is 11.4. The van der Waals surface area contributed by atoms with E-state index >= 15 is 0 Å². The van der Waals surface area contributed by atoms with Gasteiger partial charge in [0.25, 0.3) is 0 Å². The Labute approximate surface area is 166 Å². The molecule has 1 aromatic heterocycles. The van der Waals surface area contributed by atoms with Crippen LogP contribution in [0.25, 0.3) is 0 Å². The minimum absolute atomic E-state index is 0.157. The third kappa shape index (κ3) is 5.11. The molecule has 6 heteroatoms. The highest BCUT2D eigenvalue weighted by Crippen LogP contribution is 2.26. The van der Waals surface area contributed by atoms with Crippen LogP contribution in [-0.2, 0) is 16.0 Å². The molecule has 1 atom stereocenters. The number of nitrogens with zero attached hydrogens (tertiary/aromatic N) is 2. The number of thiophene rings is 1. The van der Waals surface area contributed by atoms with Crippen LogP contribution in [0.3, 0.4) is 0 Å². The lowest BCUT2D eigenvalue weighted by Crippen LogP contribution is -2.51. The van der Waals surface area contributed by atoms with Crippen molar-refractivity contribution in [3.63, 3.8) is 0 Å². The summed E-state index contributed by atoms with van der Waals surface area (Å²) < 4.78 is 0. The van der Waals surface area contributed by atoms with E-state index in [1.807, 2.05) is 11.0 Å². The van der Waals surface area contributed by atoms with Gasteiger partial charge in [-0.05, 0) is 62.9 Å². The second kappa shape index (κ2) is 8.74. The maximum absolute atomic E-state index is 12.5. The average Bonchev–Trinajstić information content (AvgIpc) is 3.37. The molecule has 4 rings (SSSR count). The van der Waals surface area contributed by atoms with Gasteiger partial charge in [0.15, 0.2) is 0 Å². The van der Waals surface area contributed by atoms with Gasteiger partial charge in [-0.25, -0.2) is 0 Å². The number of carbonyl (C=O) groups excluding carboxylic acids is 2. The van der Waals surface area contributed by atoms with Crippen molar-refractivity contribution in [2.24, 2.45) is 5.92 Å². The fraction of sp³-hybridized carbons (Fsp3) is 0.714. The number of piperidine rings is 2. The second-order valence-electron chi connectivity index (χ2n) is 8.31. The molecule has 1 aromatic rings. The van der Waals surface area contributed by atoms with Crippen molar-refractivity contribution in [3.8, 4) is 0 Å². The Hall–Kier alpha value is -1.40. The van der Waals surface area contributed by atoms with Crippen molar-refractivity contribution in [2.45, 2.75) is 63.5 Å². The molecule has 2 saturated heterocycles. The molecule has 3 aliphatic rings. The van der Waals surface area contributed by atoms with Crippen LogP contribution in [0, 0.1) is 5.92 Å². The van der Waals surface area contributed by atoms with Crippen LogP contribution in [0.4, 0.5) is 0 Å². The van der Waals surface area contributed by atoms with Gasteiger partial charge in [0.2, 0.25) is 11.8 Å². The fourth-order valence-corrected chi connectivity index (χ4v) is 5.13. The zero-order valence-corrected chi connectivity index (χ0v) is 16.9. The first-order valence-electron chi connectivity index (χ1n) is 10.5. The van der Waals surface area contributed by atoms with Crippen LogP contribution in [0.5, 0.6) is 0 Å². The Morgan fingerprint density at radius 1 is 1.11 bits per heavy atom. The molecular formula is C21H31N3O2S. The third-order valence-corrected chi connectivity index (χ3v) is 7.18. The summed E-state index contributed by atoms with van der Waals surface area (Å²) in [6.45, 7) is 3.73. The molecule has 0 radical (unpaired) electrons. The Morgan fingerprint density at radius 2 is 1.93 bits per heavy atom. The summed E-state index contributed by atoms with van der Waals surface area (Å²) in [6, 6.07) is 5.14. The zero-order valence-electron chi connectivity index (χ0n) is 16.1. The Morgan fingerprint density at radius 3 is 2.63 bits per heavy atom. The lowest BCUT2D eigenvalue weighted by molar-refractivity contribution is -0.132. The third-order valence-electron chi connectivity index (χ3n) is 6.25. The van der Waals surface area contributed by atoms with Crippen molar-refractivity contribution >= 4 is 23.2 Å². The van der Waals surface area contributed by atoms with E-state index in [9.17, 15) is 9.59 Å². The molecule has 1 saturated carbocycles. The standard InChI is InChI=1S/C21H31N3O2S/c25-20(8-7-19-4-2-14-27-19)23-12-9-18(10-13-23)24-11-1-3-16(15-24)21(26)22-17-5-6-17/h2,4,14,16-18H,1,3,5-13,15H2,(H,22,26). The Bertz CT molecular complexity index is 636. The normalized spacial score (nSPS) is 24.7. The summed E-state index contributed by atoms with van der Waals surface area (Å²) >= 11 is 1.73. The molecule has 0 spiro atoms. The largest absolute Gasteiger partial charge is 0.353 e. The SMILES string of the molecule is O=C(NC1CC1)C1CCCN(C2CCN(C(=O)CCc3cccs3)CC2)C1. The van der Waals surface area contributed by atoms with Crippen LogP contribution in [0.2, 0.25) is 0 Å². The predicted octanol–water partition coefficient (Wildman–Crippen LogP) is 2.66. The number of hydrogen-bond donors (Lipinski definition) is 1. The molecular weight excluding hydrogens is 358 g/mol. The zero-order chi connectivity index (χ0) is 18.6. The molecule has 0 bridgehead atoms. The highest BCUT2D eigenvalue weighted by molar-refractivity contribution is 7.09. The summed E-state index contributed by atoms with van der Waals surface area (Å²) in [5, 5.41) is 5.25. The molecule has 1 unspecified atom stereocenters. The number of nitrogens with one attached hydrogen (secondary N) is 1. The first-order chi connectivity index (χ1) is 13.2. The van der Waals surface area contributed by atoms with Crippen molar-refractivity contribution in [1.82, 2.24) is 15.1 Å². The van der Waals surface area contributed by atoms with E-state index in [0.717, 1.165) is 71.1 Å². The molecule has 3 heterocycles. The maximum atomic E-state index is 12.5. The quantitative estimate of drug-likeness (QED) is 0.814. The molecule has 0 aromatic carbocycles. The first kappa shape index (κ1) is 18.9. The Balaban J connectivity index is 1.21. The average molecular weight is 390 g/mol. The van der Waals surface area contributed by atoms with Crippen LogP contribution < -0.4 is 5.32 Å². The maximum Gasteiger partial charge on any atom is 0.224 e. The number of likely N-dealkylation sites (tertiary alicyclic amines) is 2. The van der Waals surface area contributed by atoms with Gasteiger partial charge in [-0.3, -0.25) is 14.5 Å². The van der Waals surface area contributed by atoms with Crippen molar-refractivity contribution in [1.29, 1.82) is 0 Å². The van der Waals surface area contributed by atoms with Crippen LogP contribution in [-0.4, -0.2) is 59.9 Å². The van der Waals surface area contributed by atoms with E-state index in [-0.39, 0.29) is 11.8 Å². The minimum Gasteiger partial charge on any atom is -0.353 e. The number of hydrogen-bond acceptors (Lipinski definition) is 4. The van der Waals surface area contributed by atoms with Gasteiger partial charge in [-0.15, -0.1) is 11.3 Å². The molecule has 148 valence electrons. The summed E-state index contributed by atoms with van der Waals surface area (Å²) in [6.07, 6.45) is 8.02. The molecule has 27 heavy (non-hydrogen) atoms. The smallest absolute Gasteiger partial charge is 0.224 e. The lowest BCUT2D eigenvalue weighted by atomic mass is 9.93. The topological polar surface area (TPSA) is 52.7 Å². The fourth-order valence-electron chi connectivity index (χ4n) is 4.42. The van der Waals surface area contributed by atoms with E-state index in [1.165, 1.54) is 4.88 Å². The second-order valence-corrected chi connectivity index (χ2v) is 9.34. The molecule has 2 aliphatic heterocycles. The molecule has 5 nitrogen and oxygen atoms in total. The van der Waals surface area contributed by atoms with Crippen molar-refractivity contribution in [3.05, 3.63) is 22.4 Å². The number of aryl methyl sites for hydroxylation is 1. The highest BCUT2D eigenvalue weighted by Gasteiger charge is 2.34. The lowest BCUT2D eigenvalue weighted by Gasteiger charge is -2.42. The minimum atomic E-state index is 0.157. The Kier molecular flexibility index (Phi) is 6.13.